The summed E-state index contributed by atoms with van der Waals surface area (Å²) >= 11 is 2.11. The molecule has 0 rings (SSSR count). The van der Waals surface area contributed by atoms with Crippen LogP contribution in [0.25, 0.3) is 0 Å². The molecule has 0 amide bonds. The average Bonchev–Trinajstić information content (AvgIpc) is 1.85. The summed E-state index contributed by atoms with van der Waals surface area (Å²) in [7, 11) is 0. The van der Waals surface area contributed by atoms with Crippen molar-refractivity contribution in [2.75, 3.05) is 0 Å². The van der Waals surface area contributed by atoms with E-state index in [-0.39, 0.29) is 6.10 Å². The lowest BCUT2D eigenvalue weighted by Gasteiger charge is -2.01. The minimum atomic E-state index is -0.221. The van der Waals surface area contributed by atoms with Crippen LogP contribution in [0.15, 0.2) is 10.2 Å². The largest absolute Gasteiger partial charge is 0.389 e. The first kappa shape index (κ1) is 9.43. The maximum atomic E-state index is 9.09. The zero-order valence-corrected chi connectivity index (χ0v) is 7.84. The first-order valence-corrected chi connectivity index (χ1v) is 4.50. The van der Waals surface area contributed by atoms with E-state index >= 15 is 0 Å². The van der Waals surface area contributed by atoms with Crippen molar-refractivity contribution in [1.29, 1.82) is 0 Å². The summed E-state index contributed by atoms with van der Waals surface area (Å²) in [5, 5.41) is 9.09. The van der Waals surface area contributed by atoms with Gasteiger partial charge in [-0.15, -0.1) is 0 Å². The number of hydrogen-bond acceptors (Lipinski definition) is 1. The van der Waals surface area contributed by atoms with Crippen LogP contribution < -0.4 is 0 Å². The van der Waals surface area contributed by atoms with Gasteiger partial charge in [0.15, 0.2) is 0 Å². The summed E-state index contributed by atoms with van der Waals surface area (Å²) < 4.78 is 1.86. The van der Waals surface area contributed by atoms with Crippen LogP contribution in [0.4, 0.5) is 0 Å². The number of aliphatic hydroxyl groups excluding tert-OH is 1. The average molecular weight is 240 g/mol. The maximum absolute atomic E-state index is 9.09. The van der Waals surface area contributed by atoms with Crippen LogP contribution in [0.2, 0.25) is 0 Å². The van der Waals surface area contributed by atoms with Crippen LogP contribution in [-0.2, 0) is 0 Å². The van der Waals surface area contributed by atoms with Gasteiger partial charge in [0.25, 0.3) is 0 Å². The van der Waals surface area contributed by atoms with Crippen LogP contribution in [0.5, 0.6) is 0 Å². The fraction of sp³-hybridized carbons (Fsp3) is 0.714. The molecule has 2 heteroatoms. The predicted molar refractivity (Wildman–Crippen MR) is 48.7 cm³/mol. The molecule has 0 saturated heterocycles. The standard InChI is InChI=1S/C7H13IO/c1-2-3-4-7(9)5-6-8/h5-7,9H,2-4H2,1H3/b6-5+. The molecular formula is C7H13IO. The van der Waals surface area contributed by atoms with Gasteiger partial charge in [-0.2, -0.15) is 0 Å². The quantitative estimate of drug-likeness (QED) is 0.748. The Morgan fingerprint density at radius 3 is 2.78 bits per heavy atom. The minimum Gasteiger partial charge on any atom is -0.389 e. The normalized spacial score (nSPS) is 14.6. The lowest BCUT2D eigenvalue weighted by Crippen LogP contribution is -1.99. The van der Waals surface area contributed by atoms with E-state index in [0.29, 0.717) is 0 Å². The fourth-order valence-corrected chi connectivity index (χ4v) is 1.07. The predicted octanol–water partition coefficient (Wildman–Crippen LogP) is 2.49. The molecule has 1 atom stereocenters. The summed E-state index contributed by atoms with van der Waals surface area (Å²) in [4.78, 5) is 0. The van der Waals surface area contributed by atoms with Crippen molar-refractivity contribution in [3.63, 3.8) is 0 Å². The molecule has 0 aliphatic rings. The van der Waals surface area contributed by atoms with Gasteiger partial charge in [-0.25, -0.2) is 0 Å². The van der Waals surface area contributed by atoms with E-state index in [9.17, 15) is 0 Å². The van der Waals surface area contributed by atoms with E-state index in [2.05, 4.69) is 29.5 Å². The molecule has 0 saturated carbocycles. The number of aliphatic hydroxyl groups is 1. The zero-order valence-electron chi connectivity index (χ0n) is 5.68. The third-order valence-electron chi connectivity index (χ3n) is 1.15. The number of unbranched alkanes of at least 4 members (excludes halogenated alkanes) is 1. The summed E-state index contributed by atoms with van der Waals surface area (Å²) in [6.45, 7) is 2.13. The fourth-order valence-electron chi connectivity index (χ4n) is 0.593. The van der Waals surface area contributed by atoms with Crippen molar-refractivity contribution in [3.8, 4) is 0 Å². The second-order valence-corrected chi connectivity index (χ2v) is 2.75. The summed E-state index contributed by atoms with van der Waals surface area (Å²) in [6.07, 6.45) is 4.77. The Bertz CT molecular complexity index is 81.0. The van der Waals surface area contributed by atoms with Crippen molar-refractivity contribution < 1.29 is 5.11 Å². The second kappa shape index (κ2) is 6.55. The third kappa shape index (κ3) is 6.31. The lowest BCUT2D eigenvalue weighted by molar-refractivity contribution is 0.209. The highest BCUT2D eigenvalue weighted by molar-refractivity contribution is 14.1. The van der Waals surface area contributed by atoms with Gasteiger partial charge in [0.05, 0.1) is 6.10 Å². The first-order chi connectivity index (χ1) is 4.31. The van der Waals surface area contributed by atoms with Crippen LogP contribution in [0, 0.1) is 0 Å². The molecule has 0 aliphatic heterocycles. The molecule has 0 aromatic heterocycles. The molecule has 1 N–H and O–H groups in total. The minimum absolute atomic E-state index is 0.221. The van der Waals surface area contributed by atoms with E-state index in [1.807, 2.05) is 10.2 Å². The highest BCUT2D eigenvalue weighted by Crippen LogP contribution is 2.02. The van der Waals surface area contributed by atoms with Crippen molar-refractivity contribution in [3.05, 3.63) is 10.2 Å². The summed E-state index contributed by atoms with van der Waals surface area (Å²) in [5.74, 6) is 0. The van der Waals surface area contributed by atoms with Gasteiger partial charge >= 0.3 is 0 Å². The summed E-state index contributed by atoms with van der Waals surface area (Å²) in [6, 6.07) is 0. The highest BCUT2D eigenvalue weighted by atomic mass is 127. The van der Waals surface area contributed by atoms with Gasteiger partial charge in [0.2, 0.25) is 0 Å². The Labute approximate surface area is 70.3 Å². The Hall–Kier alpha value is 0.430. The molecule has 0 radical (unpaired) electrons. The van der Waals surface area contributed by atoms with Crippen molar-refractivity contribution >= 4 is 22.6 Å². The van der Waals surface area contributed by atoms with E-state index in [1.165, 1.54) is 0 Å². The van der Waals surface area contributed by atoms with E-state index in [0.717, 1.165) is 19.3 Å². The Morgan fingerprint density at radius 2 is 2.33 bits per heavy atom. The second-order valence-electron chi connectivity index (χ2n) is 2.03. The third-order valence-corrected chi connectivity index (χ3v) is 1.56. The van der Waals surface area contributed by atoms with Crippen molar-refractivity contribution in [2.45, 2.75) is 32.3 Å². The van der Waals surface area contributed by atoms with E-state index < -0.39 is 0 Å². The number of hydrogen-bond donors (Lipinski definition) is 1. The zero-order chi connectivity index (χ0) is 7.11. The van der Waals surface area contributed by atoms with Gasteiger partial charge in [0, 0.05) is 0 Å². The molecule has 0 bridgehead atoms. The smallest absolute Gasteiger partial charge is 0.0728 e. The maximum Gasteiger partial charge on any atom is 0.0728 e. The molecule has 0 spiro atoms. The van der Waals surface area contributed by atoms with Crippen LogP contribution in [0.1, 0.15) is 26.2 Å². The van der Waals surface area contributed by atoms with Crippen LogP contribution >= 0.6 is 22.6 Å². The first-order valence-electron chi connectivity index (χ1n) is 3.26. The van der Waals surface area contributed by atoms with E-state index in [4.69, 9.17) is 5.11 Å². The molecular weight excluding hydrogens is 227 g/mol. The van der Waals surface area contributed by atoms with Gasteiger partial charge < -0.3 is 5.11 Å². The SMILES string of the molecule is CCCCC(O)/C=C/I. The monoisotopic (exact) mass is 240 g/mol. The summed E-state index contributed by atoms with van der Waals surface area (Å²) in [5.41, 5.74) is 0. The molecule has 0 aromatic rings. The Kier molecular flexibility index (Phi) is 6.86. The topological polar surface area (TPSA) is 20.2 Å². The number of halogens is 1. The molecule has 1 nitrogen and oxygen atoms in total. The molecule has 1 unspecified atom stereocenters. The Morgan fingerprint density at radius 1 is 1.67 bits per heavy atom. The molecule has 54 valence electrons. The number of rotatable bonds is 4. The lowest BCUT2D eigenvalue weighted by atomic mass is 10.2. The molecule has 0 heterocycles. The van der Waals surface area contributed by atoms with Gasteiger partial charge in [-0.1, -0.05) is 48.4 Å². The van der Waals surface area contributed by atoms with Crippen LogP contribution in [0.3, 0.4) is 0 Å². The van der Waals surface area contributed by atoms with Gasteiger partial charge in [0.1, 0.15) is 0 Å². The van der Waals surface area contributed by atoms with E-state index in [1.54, 1.807) is 0 Å². The van der Waals surface area contributed by atoms with Gasteiger partial charge in [-0.05, 0) is 10.5 Å². The van der Waals surface area contributed by atoms with Crippen LogP contribution in [-0.4, -0.2) is 11.2 Å². The molecule has 9 heavy (non-hydrogen) atoms. The molecule has 0 fully saturated rings. The van der Waals surface area contributed by atoms with Crippen molar-refractivity contribution in [2.24, 2.45) is 0 Å². The van der Waals surface area contributed by atoms with Gasteiger partial charge in [-0.3, -0.25) is 0 Å². The molecule has 0 aromatic carbocycles. The Balaban J connectivity index is 3.15. The van der Waals surface area contributed by atoms with Crippen molar-refractivity contribution in [1.82, 2.24) is 0 Å². The highest BCUT2D eigenvalue weighted by Gasteiger charge is 1.94. The molecule has 0 aliphatic carbocycles.